The minimum absolute atomic E-state index is 0.176. The Bertz CT molecular complexity index is 267. The predicted octanol–water partition coefficient (Wildman–Crippen LogP) is 1.87. The molecule has 0 aromatic heterocycles. The van der Waals surface area contributed by atoms with Gasteiger partial charge in [0.25, 0.3) is 0 Å². The summed E-state index contributed by atoms with van der Waals surface area (Å²) >= 11 is 0. The molecular weight excluding hydrogens is 252 g/mol. The van der Waals surface area contributed by atoms with E-state index >= 15 is 0 Å². The molecule has 4 heteroatoms. The van der Waals surface area contributed by atoms with Gasteiger partial charge in [0.05, 0.1) is 13.2 Å². The van der Waals surface area contributed by atoms with Crippen molar-refractivity contribution in [3.8, 4) is 0 Å². The highest BCUT2D eigenvalue weighted by Crippen LogP contribution is 2.20. The van der Waals surface area contributed by atoms with Crippen LogP contribution in [0.3, 0.4) is 0 Å². The van der Waals surface area contributed by atoms with Gasteiger partial charge in [0.2, 0.25) is 0 Å². The third-order valence-electron chi connectivity index (χ3n) is 4.29. The number of nitrogens with zero attached hydrogens (tertiary/aromatic N) is 1. The molecule has 4 nitrogen and oxygen atoms in total. The summed E-state index contributed by atoms with van der Waals surface area (Å²) in [4.78, 5) is 2.41. The summed E-state index contributed by atoms with van der Waals surface area (Å²) < 4.78 is 5.56. The summed E-state index contributed by atoms with van der Waals surface area (Å²) in [5.41, 5.74) is -0.203. The van der Waals surface area contributed by atoms with E-state index in [0.717, 1.165) is 26.2 Å². The zero-order valence-corrected chi connectivity index (χ0v) is 14.0. The van der Waals surface area contributed by atoms with E-state index in [1.807, 2.05) is 0 Å². The minimum atomic E-state index is -0.203. The zero-order valence-electron chi connectivity index (χ0n) is 14.0. The van der Waals surface area contributed by atoms with Gasteiger partial charge in [-0.15, -0.1) is 0 Å². The molecule has 20 heavy (non-hydrogen) atoms. The fraction of sp³-hybridized carbons (Fsp3) is 1.00. The van der Waals surface area contributed by atoms with Gasteiger partial charge < -0.3 is 20.1 Å². The first kappa shape index (κ1) is 17.9. The van der Waals surface area contributed by atoms with E-state index in [-0.39, 0.29) is 12.1 Å². The first-order valence-corrected chi connectivity index (χ1v) is 8.03. The van der Waals surface area contributed by atoms with Crippen molar-refractivity contribution in [2.45, 2.75) is 64.6 Å². The molecule has 1 rings (SSSR count). The van der Waals surface area contributed by atoms with Crippen molar-refractivity contribution >= 4 is 0 Å². The summed E-state index contributed by atoms with van der Waals surface area (Å²) in [6.45, 7) is 11.7. The average molecular weight is 286 g/mol. The number of hydrogen-bond donors (Lipinski definition) is 2. The number of hydrogen-bond acceptors (Lipinski definition) is 4. The van der Waals surface area contributed by atoms with E-state index in [1.165, 1.54) is 12.8 Å². The van der Waals surface area contributed by atoms with Gasteiger partial charge >= 0.3 is 0 Å². The summed E-state index contributed by atoms with van der Waals surface area (Å²) in [5.74, 6) is 0.662. The second kappa shape index (κ2) is 8.32. The fourth-order valence-corrected chi connectivity index (χ4v) is 3.21. The Morgan fingerprint density at radius 3 is 2.60 bits per heavy atom. The first-order valence-electron chi connectivity index (χ1n) is 8.03. The smallest absolute Gasteiger partial charge is 0.0611 e. The molecule has 0 bridgehead atoms. The number of aliphatic hydroxyl groups excluding tert-OH is 1. The van der Waals surface area contributed by atoms with Crippen LogP contribution in [0.15, 0.2) is 0 Å². The van der Waals surface area contributed by atoms with Gasteiger partial charge in [0.15, 0.2) is 0 Å². The van der Waals surface area contributed by atoms with Gasteiger partial charge in [-0.25, -0.2) is 0 Å². The quantitative estimate of drug-likeness (QED) is 0.715. The lowest BCUT2D eigenvalue weighted by Gasteiger charge is -2.38. The van der Waals surface area contributed by atoms with Crippen molar-refractivity contribution in [3.63, 3.8) is 0 Å². The molecule has 0 saturated carbocycles. The largest absolute Gasteiger partial charge is 0.394 e. The molecule has 2 N–H and O–H groups in total. The topological polar surface area (TPSA) is 44.7 Å². The highest BCUT2D eigenvalue weighted by atomic mass is 16.5. The number of nitrogens with one attached hydrogen (secondary N) is 1. The number of ether oxygens (including phenoxy) is 1. The molecule has 3 atom stereocenters. The van der Waals surface area contributed by atoms with Gasteiger partial charge in [-0.05, 0) is 46.1 Å². The van der Waals surface area contributed by atoms with Crippen LogP contribution in [0.1, 0.15) is 47.0 Å². The molecule has 0 radical (unpaired) electrons. The molecule has 1 fully saturated rings. The zero-order chi connectivity index (χ0) is 15.2. The van der Waals surface area contributed by atoms with Crippen LogP contribution in [0.25, 0.3) is 0 Å². The van der Waals surface area contributed by atoms with Crippen molar-refractivity contribution in [3.05, 3.63) is 0 Å². The Balaban J connectivity index is 2.44. The lowest BCUT2D eigenvalue weighted by Crippen LogP contribution is -2.53. The van der Waals surface area contributed by atoms with Crippen LogP contribution in [0, 0.1) is 5.92 Å². The summed E-state index contributed by atoms with van der Waals surface area (Å²) in [7, 11) is 2.19. The minimum Gasteiger partial charge on any atom is -0.394 e. The van der Waals surface area contributed by atoms with Gasteiger partial charge in [0, 0.05) is 30.8 Å². The lowest BCUT2D eigenvalue weighted by molar-refractivity contribution is 0.0326. The molecule has 0 spiro atoms. The van der Waals surface area contributed by atoms with E-state index < -0.39 is 0 Å². The van der Waals surface area contributed by atoms with E-state index in [4.69, 9.17) is 4.74 Å². The third kappa shape index (κ3) is 6.08. The lowest BCUT2D eigenvalue weighted by atomic mass is 9.92. The van der Waals surface area contributed by atoms with Crippen LogP contribution in [0.4, 0.5) is 0 Å². The molecule has 0 amide bonds. The highest BCUT2D eigenvalue weighted by Gasteiger charge is 2.28. The van der Waals surface area contributed by atoms with Crippen LogP contribution in [0.5, 0.6) is 0 Å². The second-order valence-corrected chi connectivity index (χ2v) is 7.09. The SMILES string of the molecule is CC(C)NC(C)(CO)CC(C)N(C)CC1CCCOC1. The molecule has 0 aromatic rings. The summed E-state index contributed by atoms with van der Waals surface area (Å²) in [5, 5.41) is 13.2. The average Bonchev–Trinajstić information content (AvgIpc) is 2.38. The Kier molecular flexibility index (Phi) is 7.45. The molecule has 1 saturated heterocycles. The first-order chi connectivity index (χ1) is 9.36. The van der Waals surface area contributed by atoms with Crippen molar-refractivity contribution in [2.24, 2.45) is 5.92 Å². The van der Waals surface area contributed by atoms with E-state index in [2.05, 4.69) is 45.0 Å². The van der Waals surface area contributed by atoms with Crippen molar-refractivity contribution in [1.82, 2.24) is 10.2 Å². The molecule has 0 aliphatic carbocycles. The van der Waals surface area contributed by atoms with Gasteiger partial charge in [-0.1, -0.05) is 13.8 Å². The monoisotopic (exact) mass is 286 g/mol. The standard InChI is InChI=1S/C16H34N2O2/c1-13(2)17-16(4,12-19)9-14(3)18(5)10-15-7-6-8-20-11-15/h13-15,17,19H,6-12H2,1-5H3. The van der Waals surface area contributed by atoms with Crippen LogP contribution < -0.4 is 5.32 Å². The molecule has 1 aliphatic heterocycles. The second-order valence-electron chi connectivity index (χ2n) is 7.09. The van der Waals surface area contributed by atoms with Crippen molar-refractivity contribution < 1.29 is 9.84 Å². The molecular formula is C16H34N2O2. The van der Waals surface area contributed by atoms with E-state index in [1.54, 1.807) is 0 Å². The normalized spacial score (nSPS) is 24.9. The Morgan fingerprint density at radius 2 is 2.10 bits per heavy atom. The summed E-state index contributed by atoms with van der Waals surface area (Å²) in [6.07, 6.45) is 3.42. The van der Waals surface area contributed by atoms with Crippen LogP contribution in [0.2, 0.25) is 0 Å². The predicted molar refractivity (Wildman–Crippen MR) is 84.0 cm³/mol. The Labute approximate surface area is 124 Å². The van der Waals surface area contributed by atoms with Gasteiger partial charge in [-0.2, -0.15) is 0 Å². The van der Waals surface area contributed by atoms with E-state index in [9.17, 15) is 5.11 Å². The van der Waals surface area contributed by atoms with Crippen molar-refractivity contribution in [1.29, 1.82) is 0 Å². The van der Waals surface area contributed by atoms with Crippen molar-refractivity contribution in [2.75, 3.05) is 33.4 Å². The maximum absolute atomic E-state index is 9.69. The van der Waals surface area contributed by atoms with Gasteiger partial charge in [0.1, 0.15) is 0 Å². The van der Waals surface area contributed by atoms with Crippen LogP contribution >= 0.6 is 0 Å². The highest BCUT2D eigenvalue weighted by molar-refractivity contribution is 4.88. The molecule has 0 aromatic carbocycles. The van der Waals surface area contributed by atoms with Crippen LogP contribution in [-0.2, 0) is 4.74 Å². The van der Waals surface area contributed by atoms with Gasteiger partial charge in [-0.3, -0.25) is 0 Å². The molecule has 1 heterocycles. The maximum atomic E-state index is 9.69. The Hall–Kier alpha value is -0.160. The molecule has 120 valence electrons. The van der Waals surface area contributed by atoms with E-state index in [0.29, 0.717) is 18.0 Å². The summed E-state index contributed by atoms with van der Waals surface area (Å²) in [6, 6.07) is 0.830. The maximum Gasteiger partial charge on any atom is 0.0611 e. The Morgan fingerprint density at radius 1 is 1.40 bits per heavy atom. The molecule has 3 unspecified atom stereocenters. The number of rotatable bonds is 8. The molecule has 1 aliphatic rings. The third-order valence-corrected chi connectivity index (χ3v) is 4.29. The fourth-order valence-electron chi connectivity index (χ4n) is 3.21. The van der Waals surface area contributed by atoms with Crippen LogP contribution in [-0.4, -0.2) is 61.0 Å². The number of aliphatic hydroxyl groups is 1.